The highest BCUT2D eigenvalue weighted by molar-refractivity contribution is 6.35. The second kappa shape index (κ2) is 6.36. The van der Waals surface area contributed by atoms with Gasteiger partial charge in [-0.2, -0.15) is 0 Å². The van der Waals surface area contributed by atoms with Crippen LogP contribution in [0.3, 0.4) is 0 Å². The lowest BCUT2D eigenvalue weighted by Crippen LogP contribution is -2.28. The molecule has 0 spiro atoms. The SMILES string of the molecule is Cc1ccc2nc3c(n2c1)CC(C(=O)Nc1cc(Cl)cc(Cl)c1)CC3. The van der Waals surface area contributed by atoms with E-state index in [9.17, 15) is 4.79 Å². The predicted octanol–water partition coefficient (Wildman–Crippen LogP) is 4.69. The first kappa shape index (κ1) is 16.4. The van der Waals surface area contributed by atoms with Gasteiger partial charge in [0, 0.05) is 40.0 Å². The normalized spacial score (nSPS) is 16.7. The van der Waals surface area contributed by atoms with Gasteiger partial charge in [0.2, 0.25) is 5.91 Å². The number of hydrogen-bond donors (Lipinski definition) is 1. The average Bonchev–Trinajstić information content (AvgIpc) is 2.91. The summed E-state index contributed by atoms with van der Waals surface area (Å²) in [6, 6.07) is 9.14. The molecule has 2 aromatic heterocycles. The van der Waals surface area contributed by atoms with Gasteiger partial charge in [-0.15, -0.1) is 0 Å². The van der Waals surface area contributed by atoms with E-state index in [0.717, 1.165) is 29.9 Å². The van der Waals surface area contributed by atoms with Crippen molar-refractivity contribution in [3.05, 3.63) is 63.5 Å². The molecule has 1 aromatic carbocycles. The summed E-state index contributed by atoms with van der Waals surface area (Å²) >= 11 is 12.0. The lowest BCUT2D eigenvalue weighted by atomic mass is 9.89. The largest absolute Gasteiger partial charge is 0.326 e. The average molecular weight is 374 g/mol. The first-order chi connectivity index (χ1) is 12.0. The molecular weight excluding hydrogens is 357 g/mol. The Morgan fingerprint density at radius 1 is 1.24 bits per heavy atom. The van der Waals surface area contributed by atoms with Crippen LogP contribution in [0.4, 0.5) is 5.69 Å². The third-order valence-corrected chi connectivity index (χ3v) is 5.05. The molecular formula is C19H17Cl2N3O. The third-order valence-electron chi connectivity index (χ3n) is 4.62. The zero-order valence-electron chi connectivity index (χ0n) is 13.7. The van der Waals surface area contributed by atoms with Crippen LogP contribution in [0.5, 0.6) is 0 Å². The van der Waals surface area contributed by atoms with E-state index in [-0.39, 0.29) is 11.8 Å². The molecule has 25 heavy (non-hydrogen) atoms. The number of nitrogens with one attached hydrogen (secondary N) is 1. The van der Waals surface area contributed by atoms with Crippen LogP contribution >= 0.6 is 23.2 Å². The van der Waals surface area contributed by atoms with Gasteiger partial charge in [-0.25, -0.2) is 4.98 Å². The van der Waals surface area contributed by atoms with Crippen molar-refractivity contribution in [3.8, 4) is 0 Å². The van der Waals surface area contributed by atoms with Gasteiger partial charge in [0.15, 0.2) is 0 Å². The van der Waals surface area contributed by atoms with Gasteiger partial charge < -0.3 is 9.72 Å². The predicted molar refractivity (Wildman–Crippen MR) is 101 cm³/mol. The van der Waals surface area contributed by atoms with Gasteiger partial charge in [0.1, 0.15) is 5.65 Å². The van der Waals surface area contributed by atoms with Crippen molar-refractivity contribution in [2.75, 3.05) is 5.32 Å². The number of carbonyl (C=O) groups excluding carboxylic acids is 1. The Morgan fingerprint density at radius 3 is 2.76 bits per heavy atom. The molecule has 2 heterocycles. The molecule has 0 bridgehead atoms. The van der Waals surface area contributed by atoms with E-state index < -0.39 is 0 Å². The number of hydrogen-bond acceptors (Lipinski definition) is 2. The molecule has 0 radical (unpaired) electrons. The number of rotatable bonds is 2. The Balaban J connectivity index is 1.58. The van der Waals surface area contributed by atoms with Gasteiger partial charge in [-0.3, -0.25) is 4.79 Å². The Morgan fingerprint density at radius 2 is 2.00 bits per heavy atom. The number of benzene rings is 1. The maximum atomic E-state index is 12.7. The lowest BCUT2D eigenvalue weighted by Gasteiger charge is -2.21. The molecule has 0 saturated heterocycles. The standard InChI is InChI=1S/C19H17Cl2N3O/c1-11-2-5-18-23-16-4-3-12(6-17(16)24(18)10-11)19(25)22-15-8-13(20)7-14(21)9-15/h2,5,7-10,12H,3-4,6H2,1H3,(H,22,25). The van der Waals surface area contributed by atoms with Crippen LogP contribution in [0.2, 0.25) is 10.0 Å². The Labute approximate surface area is 155 Å². The fraction of sp³-hybridized carbons (Fsp3) is 0.263. The number of anilines is 1. The minimum Gasteiger partial charge on any atom is -0.326 e. The van der Waals surface area contributed by atoms with Crippen LogP contribution in [0, 0.1) is 12.8 Å². The number of nitrogens with zero attached hydrogens (tertiary/aromatic N) is 2. The smallest absolute Gasteiger partial charge is 0.227 e. The monoisotopic (exact) mass is 373 g/mol. The summed E-state index contributed by atoms with van der Waals surface area (Å²) in [7, 11) is 0. The second-order valence-corrected chi connectivity index (χ2v) is 7.40. The van der Waals surface area contributed by atoms with Crippen LogP contribution in [0.25, 0.3) is 5.65 Å². The number of imidazole rings is 1. The summed E-state index contributed by atoms with van der Waals surface area (Å²) in [5, 5.41) is 3.95. The quantitative estimate of drug-likeness (QED) is 0.707. The summed E-state index contributed by atoms with van der Waals surface area (Å²) in [6.45, 7) is 2.06. The first-order valence-electron chi connectivity index (χ1n) is 8.23. The van der Waals surface area contributed by atoms with Crippen LogP contribution in [-0.2, 0) is 17.6 Å². The van der Waals surface area contributed by atoms with Crippen molar-refractivity contribution in [1.82, 2.24) is 9.38 Å². The molecule has 0 fully saturated rings. The zero-order valence-corrected chi connectivity index (χ0v) is 15.2. The molecule has 0 saturated carbocycles. The van der Waals surface area contributed by atoms with Crippen molar-refractivity contribution < 1.29 is 4.79 Å². The molecule has 4 nitrogen and oxygen atoms in total. The Hall–Kier alpha value is -2.04. The fourth-order valence-electron chi connectivity index (χ4n) is 3.41. The van der Waals surface area contributed by atoms with Gasteiger partial charge in [-0.05, 0) is 49.6 Å². The van der Waals surface area contributed by atoms with E-state index in [0.29, 0.717) is 22.2 Å². The summed E-state index contributed by atoms with van der Waals surface area (Å²) in [5.74, 6) is -0.0998. The van der Waals surface area contributed by atoms with E-state index in [4.69, 9.17) is 28.2 Å². The number of carbonyl (C=O) groups is 1. The zero-order chi connectivity index (χ0) is 17.6. The topological polar surface area (TPSA) is 46.4 Å². The number of fused-ring (bicyclic) bond motifs is 3. The number of amides is 1. The molecule has 1 aliphatic rings. The maximum Gasteiger partial charge on any atom is 0.227 e. The highest BCUT2D eigenvalue weighted by atomic mass is 35.5. The number of aromatic nitrogens is 2. The van der Waals surface area contributed by atoms with Gasteiger partial charge in [0.05, 0.1) is 5.69 Å². The second-order valence-electron chi connectivity index (χ2n) is 6.53. The molecule has 6 heteroatoms. The molecule has 1 aliphatic carbocycles. The molecule has 1 atom stereocenters. The molecule has 4 rings (SSSR count). The van der Waals surface area contributed by atoms with Crippen LogP contribution in [-0.4, -0.2) is 15.3 Å². The first-order valence-corrected chi connectivity index (χ1v) is 8.98. The minimum atomic E-state index is -0.0920. The van der Waals surface area contributed by atoms with Crippen molar-refractivity contribution in [1.29, 1.82) is 0 Å². The van der Waals surface area contributed by atoms with E-state index >= 15 is 0 Å². The van der Waals surface area contributed by atoms with E-state index in [1.54, 1.807) is 18.2 Å². The number of halogens is 2. The van der Waals surface area contributed by atoms with E-state index in [2.05, 4.69) is 28.9 Å². The van der Waals surface area contributed by atoms with Crippen molar-refractivity contribution in [2.24, 2.45) is 5.92 Å². The molecule has 3 aromatic rings. The highest BCUT2D eigenvalue weighted by Crippen LogP contribution is 2.29. The Kier molecular flexibility index (Phi) is 4.18. The summed E-state index contributed by atoms with van der Waals surface area (Å²) in [6.07, 6.45) is 4.36. The van der Waals surface area contributed by atoms with E-state index in [1.165, 1.54) is 5.56 Å². The molecule has 1 amide bonds. The maximum absolute atomic E-state index is 12.7. The third kappa shape index (κ3) is 3.24. The van der Waals surface area contributed by atoms with Crippen LogP contribution in [0.15, 0.2) is 36.5 Å². The number of pyridine rings is 1. The highest BCUT2D eigenvalue weighted by Gasteiger charge is 2.28. The fourth-order valence-corrected chi connectivity index (χ4v) is 3.93. The Bertz CT molecular complexity index is 960. The van der Waals surface area contributed by atoms with E-state index in [1.807, 2.05) is 6.07 Å². The van der Waals surface area contributed by atoms with Crippen molar-refractivity contribution in [3.63, 3.8) is 0 Å². The molecule has 0 aliphatic heterocycles. The van der Waals surface area contributed by atoms with Crippen molar-refractivity contribution >= 4 is 40.4 Å². The van der Waals surface area contributed by atoms with Gasteiger partial charge >= 0.3 is 0 Å². The van der Waals surface area contributed by atoms with Crippen LogP contribution in [0.1, 0.15) is 23.4 Å². The van der Waals surface area contributed by atoms with Crippen molar-refractivity contribution in [2.45, 2.75) is 26.2 Å². The summed E-state index contributed by atoms with van der Waals surface area (Å²) in [4.78, 5) is 17.4. The number of aryl methyl sites for hydroxylation is 2. The van der Waals surface area contributed by atoms with Gasteiger partial charge in [0.25, 0.3) is 0 Å². The molecule has 128 valence electrons. The summed E-state index contributed by atoms with van der Waals surface area (Å²) in [5.41, 5.74) is 4.98. The summed E-state index contributed by atoms with van der Waals surface area (Å²) < 4.78 is 2.11. The van der Waals surface area contributed by atoms with Gasteiger partial charge in [-0.1, -0.05) is 29.3 Å². The molecule has 1 unspecified atom stereocenters. The minimum absolute atomic E-state index is 0.00779. The van der Waals surface area contributed by atoms with Crippen LogP contribution < -0.4 is 5.32 Å². The molecule has 1 N–H and O–H groups in total. The lowest BCUT2D eigenvalue weighted by molar-refractivity contribution is -0.120.